The zero-order chi connectivity index (χ0) is 17.5. The predicted octanol–water partition coefficient (Wildman–Crippen LogP) is 2.42. The number of esters is 1. The molecular weight excluding hydrogens is 327 g/mol. The van der Waals surface area contributed by atoms with Gasteiger partial charge in [0.2, 0.25) is 0 Å². The van der Waals surface area contributed by atoms with E-state index in [0.29, 0.717) is 5.56 Å². The first kappa shape index (κ1) is 16.0. The van der Waals surface area contributed by atoms with E-state index in [9.17, 15) is 18.0 Å². The summed E-state index contributed by atoms with van der Waals surface area (Å²) in [6.07, 6.45) is 0.184. The quantitative estimate of drug-likeness (QED) is 0.685. The molecule has 0 spiro atoms. The molecule has 0 atom stereocenters. The van der Waals surface area contributed by atoms with Crippen molar-refractivity contribution in [1.82, 2.24) is 24.1 Å². The van der Waals surface area contributed by atoms with Gasteiger partial charge in [0, 0.05) is 18.0 Å². The highest BCUT2D eigenvalue weighted by molar-refractivity contribution is 5.95. The second-order valence-corrected chi connectivity index (χ2v) is 4.96. The number of ether oxygens (including phenoxy) is 1. The molecular formula is C14H12F3N5O2. The molecule has 126 valence electrons. The number of imidazole rings is 1. The smallest absolute Gasteiger partial charge is 0.434 e. The summed E-state index contributed by atoms with van der Waals surface area (Å²) in [5.74, 6) is -0.382. The predicted molar refractivity (Wildman–Crippen MR) is 75.8 cm³/mol. The molecule has 0 bridgehead atoms. The summed E-state index contributed by atoms with van der Waals surface area (Å²) < 4.78 is 45.6. The Morgan fingerprint density at radius 1 is 1.33 bits per heavy atom. The largest absolute Gasteiger partial charge is 0.462 e. The van der Waals surface area contributed by atoms with Gasteiger partial charge < -0.3 is 4.74 Å². The number of aromatic nitrogens is 5. The highest BCUT2D eigenvalue weighted by atomic mass is 19.4. The molecule has 0 radical (unpaired) electrons. The zero-order valence-electron chi connectivity index (χ0n) is 12.7. The van der Waals surface area contributed by atoms with Crippen LogP contribution in [-0.2, 0) is 10.9 Å². The van der Waals surface area contributed by atoms with Gasteiger partial charge in [-0.25, -0.2) is 19.3 Å². The molecule has 7 nitrogen and oxygen atoms in total. The SMILES string of the molecule is CCOC(=O)c1cnn2cc(C)c(-n3cnc(C(F)(F)F)c3)nc12. The molecule has 3 aromatic rings. The monoisotopic (exact) mass is 339 g/mol. The Balaban J connectivity index is 2.11. The normalized spacial score (nSPS) is 11.9. The van der Waals surface area contributed by atoms with Crippen LogP contribution in [0.4, 0.5) is 13.2 Å². The van der Waals surface area contributed by atoms with Gasteiger partial charge in [-0.3, -0.25) is 4.57 Å². The number of nitrogens with zero attached hydrogens (tertiary/aromatic N) is 5. The molecule has 10 heteroatoms. The Hall–Kier alpha value is -2.91. The second kappa shape index (κ2) is 5.62. The van der Waals surface area contributed by atoms with Crippen LogP contribution in [0.15, 0.2) is 24.9 Å². The lowest BCUT2D eigenvalue weighted by Crippen LogP contribution is -2.08. The lowest BCUT2D eigenvalue weighted by Gasteiger charge is -2.07. The number of carbonyl (C=O) groups is 1. The Morgan fingerprint density at radius 2 is 2.08 bits per heavy atom. The van der Waals surface area contributed by atoms with E-state index in [1.807, 2.05) is 0 Å². The summed E-state index contributed by atoms with van der Waals surface area (Å²) in [5.41, 5.74) is -0.139. The van der Waals surface area contributed by atoms with Crippen molar-refractivity contribution in [3.63, 3.8) is 0 Å². The van der Waals surface area contributed by atoms with Crippen molar-refractivity contribution in [2.24, 2.45) is 0 Å². The van der Waals surface area contributed by atoms with Gasteiger partial charge in [-0.05, 0) is 13.8 Å². The van der Waals surface area contributed by atoms with Gasteiger partial charge in [0.05, 0.1) is 12.8 Å². The van der Waals surface area contributed by atoms with Crippen LogP contribution in [0, 0.1) is 6.92 Å². The molecule has 0 aromatic carbocycles. The molecule has 0 fully saturated rings. The van der Waals surface area contributed by atoms with Crippen LogP contribution in [-0.4, -0.2) is 36.7 Å². The molecule has 0 unspecified atom stereocenters. The third-order valence-electron chi connectivity index (χ3n) is 3.26. The fourth-order valence-electron chi connectivity index (χ4n) is 2.19. The first-order valence-corrected chi connectivity index (χ1v) is 6.95. The average Bonchev–Trinajstić information content (AvgIpc) is 3.12. The Kier molecular flexibility index (Phi) is 3.74. The number of hydrogen-bond acceptors (Lipinski definition) is 5. The van der Waals surface area contributed by atoms with E-state index in [-0.39, 0.29) is 23.6 Å². The Bertz CT molecular complexity index is 913. The van der Waals surface area contributed by atoms with Gasteiger partial charge >= 0.3 is 12.1 Å². The maximum atomic E-state index is 12.7. The van der Waals surface area contributed by atoms with Gasteiger partial charge in [-0.2, -0.15) is 18.3 Å². The van der Waals surface area contributed by atoms with E-state index in [4.69, 9.17) is 4.74 Å². The van der Waals surface area contributed by atoms with Crippen molar-refractivity contribution in [2.75, 3.05) is 6.61 Å². The topological polar surface area (TPSA) is 74.3 Å². The maximum Gasteiger partial charge on any atom is 0.434 e. The number of aryl methyl sites for hydroxylation is 1. The molecule has 0 saturated carbocycles. The standard InChI is InChI=1S/C14H12F3N5O2/c1-3-24-13(23)9-4-19-22-5-8(2)11(20-12(9)22)21-6-10(18-7-21)14(15,16)17/h4-7H,3H2,1-2H3. The molecule has 3 heterocycles. The molecule has 24 heavy (non-hydrogen) atoms. The van der Waals surface area contributed by atoms with Gasteiger partial charge in [0.25, 0.3) is 0 Å². The molecule has 3 rings (SSSR count). The summed E-state index contributed by atoms with van der Waals surface area (Å²) in [6.45, 7) is 3.52. The van der Waals surface area contributed by atoms with Crippen LogP contribution in [0.5, 0.6) is 0 Å². The highest BCUT2D eigenvalue weighted by Crippen LogP contribution is 2.28. The number of alkyl halides is 3. The van der Waals surface area contributed by atoms with E-state index >= 15 is 0 Å². The first-order valence-electron chi connectivity index (χ1n) is 6.95. The third-order valence-corrected chi connectivity index (χ3v) is 3.26. The van der Waals surface area contributed by atoms with Gasteiger partial charge in [-0.1, -0.05) is 0 Å². The molecule has 0 aliphatic rings. The van der Waals surface area contributed by atoms with Gasteiger partial charge in [-0.15, -0.1) is 0 Å². The van der Waals surface area contributed by atoms with Crippen LogP contribution in [0.3, 0.4) is 0 Å². The van der Waals surface area contributed by atoms with Gasteiger partial charge in [0.1, 0.15) is 17.7 Å². The Morgan fingerprint density at radius 3 is 2.71 bits per heavy atom. The molecule has 3 aromatic heterocycles. The lowest BCUT2D eigenvalue weighted by atomic mass is 10.3. The number of carbonyl (C=O) groups excluding carboxylic acids is 1. The molecule has 0 amide bonds. The fourth-order valence-corrected chi connectivity index (χ4v) is 2.19. The second-order valence-electron chi connectivity index (χ2n) is 4.96. The van der Waals surface area contributed by atoms with Crippen molar-refractivity contribution in [1.29, 1.82) is 0 Å². The van der Waals surface area contributed by atoms with Gasteiger partial charge in [0.15, 0.2) is 11.3 Å². The Labute approximate surface area is 133 Å². The van der Waals surface area contributed by atoms with Crippen molar-refractivity contribution < 1.29 is 22.7 Å². The number of fused-ring (bicyclic) bond motifs is 1. The van der Waals surface area contributed by atoms with Crippen LogP contribution < -0.4 is 0 Å². The van der Waals surface area contributed by atoms with Crippen molar-refractivity contribution in [3.05, 3.63) is 41.7 Å². The van der Waals surface area contributed by atoms with E-state index in [0.717, 1.165) is 17.1 Å². The van der Waals surface area contributed by atoms with E-state index in [1.165, 1.54) is 10.7 Å². The van der Waals surface area contributed by atoms with E-state index in [1.54, 1.807) is 20.0 Å². The van der Waals surface area contributed by atoms with Crippen LogP contribution in [0.1, 0.15) is 28.5 Å². The number of rotatable bonds is 3. The third kappa shape index (κ3) is 2.70. The maximum absolute atomic E-state index is 12.7. The molecule has 0 saturated heterocycles. The zero-order valence-corrected chi connectivity index (χ0v) is 12.7. The molecule has 0 aliphatic carbocycles. The summed E-state index contributed by atoms with van der Waals surface area (Å²) in [4.78, 5) is 19.5. The highest BCUT2D eigenvalue weighted by Gasteiger charge is 2.33. The summed E-state index contributed by atoms with van der Waals surface area (Å²) in [7, 11) is 0. The van der Waals surface area contributed by atoms with E-state index in [2.05, 4.69) is 15.1 Å². The van der Waals surface area contributed by atoms with Crippen LogP contribution in [0.25, 0.3) is 11.5 Å². The summed E-state index contributed by atoms with van der Waals surface area (Å²) >= 11 is 0. The summed E-state index contributed by atoms with van der Waals surface area (Å²) in [5, 5.41) is 4.01. The average molecular weight is 339 g/mol. The van der Waals surface area contributed by atoms with E-state index < -0.39 is 17.8 Å². The number of hydrogen-bond donors (Lipinski definition) is 0. The van der Waals surface area contributed by atoms with Crippen molar-refractivity contribution in [3.8, 4) is 5.82 Å². The van der Waals surface area contributed by atoms with Crippen LogP contribution in [0.2, 0.25) is 0 Å². The first-order chi connectivity index (χ1) is 11.3. The summed E-state index contributed by atoms with van der Waals surface area (Å²) in [6, 6.07) is 0. The van der Waals surface area contributed by atoms with Crippen molar-refractivity contribution >= 4 is 11.6 Å². The molecule has 0 N–H and O–H groups in total. The fraction of sp³-hybridized carbons (Fsp3) is 0.286. The lowest BCUT2D eigenvalue weighted by molar-refractivity contribution is -0.140. The van der Waals surface area contributed by atoms with Crippen molar-refractivity contribution in [2.45, 2.75) is 20.0 Å². The minimum absolute atomic E-state index is 0.134. The number of halogens is 3. The minimum atomic E-state index is -4.55. The minimum Gasteiger partial charge on any atom is -0.462 e. The molecule has 0 aliphatic heterocycles. The van der Waals surface area contributed by atoms with Crippen LogP contribution >= 0.6 is 0 Å².